The van der Waals surface area contributed by atoms with E-state index < -0.39 is 0 Å². The van der Waals surface area contributed by atoms with Gasteiger partial charge in [0.15, 0.2) is 0 Å². The summed E-state index contributed by atoms with van der Waals surface area (Å²) in [6, 6.07) is 0. The molecule has 3 heteroatoms. The van der Waals surface area contributed by atoms with Gasteiger partial charge < -0.3 is 5.73 Å². The van der Waals surface area contributed by atoms with Gasteiger partial charge in [-0.05, 0) is 31.6 Å². The second kappa shape index (κ2) is 4.62. The van der Waals surface area contributed by atoms with Crippen molar-refractivity contribution in [2.24, 2.45) is 11.7 Å². The molecular formula is C12H20N2S. The summed E-state index contributed by atoms with van der Waals surface area (Å²) >= 11 is 1.67. The van der Waals surface area contributed by atoms with Crippen LogP contribution >= 0.6 is 11.3 Å². The Morgan fingerprint density at radius 3 is 2.80 bits per heavy atom. The molecule has 1 aromatic heterocycles. The maximum absolute atomic E-state index is 6.43. The molecular weight excluding hydrogens is 204 g/mol. The van der Waals surface area contributed by atoms with Gasteiger partial charge in [0.1, 0.15) is 0 Å². The van der Waals surface area contributed by atoms with E-state index in [4.69, 9.17) is 5.73 Å². The first-order valence-corrected chi connectivity index (χ1v) is 6.82. The number of aromatic nitrogens is 1. The molecule has 2 nitrogen and oxygen atoms in total. The first-order valence-electron chi connectivity index (χ1n) is 5.88. The van der Waals surface area contributed by atoms with Crippen molar-refractivity contribution in [2.75, 3.05) is 0 Å². The molecule has 0 radical (unpaired) electrons. The third kappa shape index (κ3) is 2.79. The van der Waals surface area contributed by atoms with Crippen LogP contribution in [0.25, 0.3) is 0 Å². The summed E-state index contributed by atoms with van der Waals surface area (Å²) in [4.78, 5) is 4.33. The number of nitrogens with two attached hydrogens (primary N) is 1. The Hall–Kier alpha value is -0.410. The molecule has 1 saturated carbocycles. The summed E-state index contributed by atoms with van der Waals surface area (Å²) < 4.78 is 0. The third-order valence-electron chi connectivity index (χ3n) is 3.69. The fourth-order valence-electron chi connectivity index (χ4n) is 2.52. The van der Waals surface area contributed by atoms with E-state index >= 15 is 0 Å². The number of rotatable bonds is 3. The Morgan fingerprint density at radius 2 is 2.27 bits per heavy atom. The van der Waals surface area contributed by atoms with Crippen molar-refractivity contribution in [1.82, 2.24) is 4.98 Å². The first kappa shape index (κ1) is 11.1. The molecule has 0 amide bonds. The summed E-state index contributed by atoms with van der Waals surface area (Å²) in [5.41, 5.74) is 9.54. The van der Waals surface area contributed by atoms with E-state index in [9.17, 15) is 0 Å². The second-order valence-corrected chi connectivity index (χ2v) is 5.59. The van der Waals surface area contributed by atoms with E-state index in [1.165, 1.54) is 37.8 Å². The standard InChI is InChI=1S/C12H20N2S/c1-2-10-3-5-12(13,6-4-10)7-11-8-15-9-14-11/h8-10H,2-7,13H2,1H3. The Morgan fingerprint density at radius 1 is 1.53 bits per heavy atom. The van der Waals surface area contributed by atoms with E-state index in [0.29, 0.717) is 0 Å². The van der Waals surface area contributed by atoms with Crippen LogP contribution in [-0.4, -0.2) is 10.5 Å². The van der Waals surface area contributed by atoms with Gasteiger partial charge in [-0.25, -0.2) is 4.98 Å². The fraction of sp³-hybridized carbons (Fsp3) is 0.750. The molecule has 1 aliphatic carbocycles. The van der Waals surface area contributed by atoms with Crippen LogP contribution in [0.4, 0.5) is 0 Å². The molecule has 0 saturated heterocycles. The van der Waals surface area contributed by atoms with Gasteiger partial charge in [-0.1, -0.05) is 13.3 Å². The Labute approximate surface area is 95.9 Å². The van der Waals surface area contributed by atoms with Crippen LogP contribution in [0.3, 0.4) is 0 Å². The van der Waals surface area contributed by atoms with Crippen LogP contribution < -0.4 is 5.73 Å². The smallest absolute Gasteiger partial charge is 0.0794 e. The normalized spacial score (nSPS) is 31.7. The third-order valence-corrected chi connectivity index (χ3v) is 4.33. The molecule has 0 aromatic carbocycles. The minimum absolute atomic E-state index is 0.0275. The molecule has 1 aromatic rings. The van der Waals surface area contributed by atoms with Gasteiger partial charge in [0.2, 0.25) is 0 Å². The van der Waals surface area contributed by atoms with Crippen molar-refractivity contribution in [1.29, 1.82) is 0 Å². The highest BCUT2D eigenvalue weighted by Gasteiger charge is 2.31. The predicted octanol–water partition coefficient (Wildman–Crippen LogP) is 2.98. The molecule has 2 rings (SSSR count). The Kier molecular flexibility index (Phi) is 3.42. The van der Waals surface area contributed by atoms with Gasteiger partial charge in [0.05, 0.1) is 11.2 Å². The fourth-order valence-corrected chi connectivity index (χ4v) is 3.08. The van der Waals surface area contributed by atoms with Gasteiger partial charge in [-0.15, -0.1) is 11.3 Å². The summed E-state index contributed by atoms with van der Waals surface area (Å²) in [6.45, 7) is 2.29. The average Bonchev–Trinajstić information content (AvgIpc) is 2.71. The lowest BCUT2D eigenvalue weighted by molar-refractivity contribution is 0.227. The lowest BCUT2D eigenvalue weighted by atomic mass is 9.74. The molecule has 0 bridgehead atoms. The molecule has 0 aliphatic heterocycles. The number of nitrogens with zero attached hydrogens (tertiary/aromatic N) is 1. The number of thiazole rings is 1. The van der Waals surface area contributed by atoms with Crippen LogP contribution in [-0.2, 0) is 6.42 Å². The molecule has 0 unspecified atom stereocenters. The average molecular weight is 224 g/mol. The van der Waals surface area contributed by atoms with Crippen LogP contribution in [0.15, 0.2) is 10.9 Å². The van der Waals surface area contributed by atoms with Gasteiger partial charge in [-0.2, -0.15) is 0 Å². The minimum Gasteiger partial charge on any atom is -0.325 e. The van der Waals surface area contributed by atoms with Crippen molar-refractivity contribution in [3.63, 3.8) is 0 Å². The topological polar surface area (TPSA) is 38.9 Å². The molecule has 1 heterocycles. The second-order valence-electron chi connectivity index (χ2n) is 4.87. The molecule has 84 valence electrons. The summed E-state index contributed by atoms with van der Waals surface area (Å²) in [5.74, 6) is 0.914. The van der Waals surface area contributed by atoms with E-state index in [0.717, 1.165) is 12.3 Å². The zero-order valence-corrected chi connectivity index (χ0v) is 10.2. The van der Waals surface area contributed by atoms with Crippen molar-refractivity contribution in [3.05, 3.63) is 16.6 Å². The maximum Gasteiger partial charge on any atom is 0.0794 e. The summed E-state index contributed by atoms with van der Waals surface area (Å²) in [6.07, 6.45) is 7.22. The highest BCUT2D eigenvalue weighted by molar-refractivity contribution is 7.07. The molecule has 1 aliphatic rings. The molecule has 1 fully saturated rings. The van der Waals surface area contributed by atoms with E-state index in [1.54, 1.807) is 11.3 Å². The maximum atomic E-state index is 6.43. The van der Waals surface area contributed by atoms with E-state index in [2.05, 4.69) is 17.3 Å². The molecule has 15 heavy (non-hydrogen) atoms. The SMILES string of the molecule is CCC1CCC(N)(Cc2cscn2)CC1. The van der Waals surface area contributed by atoms with Crippen molar-refractivity contribution < 1.29 is 0 Å². The van der Waals surface area contributed by atoms with Crippen molar-refractivity contribution in [2.45, 2.75) is 51.0 Å². The summed E-state index contributed by atoms with van der Waals surface area (Å²) in [7, 11) is 0. The highest BCUT2D eigenvalue weighted by atomic mass is 32.1. The van der Waals surface area contributed by atoms with Crippen LogP contribution in [0.2, 0.25) is 0 Å². The van der Waals surface area contributed by atoms with Crippen LogP contribution in [0, 0.1) is 5.92 Å². The first-order chi connectivity index (χ1) is 7.22. The Bertz CT molecular complexity index is 287. The number of hydrogen-bond donors (Lipinski definition) is 1. The monoisotopic (exact) mass is 224 g/mol. The van der Waals surface area contributed by atoms with Crippen molar-refractivity contribution >= 4 is 11.3 Å². The van der Waals surface area contributed by atoms with E-state index in [1.807, 2.05) is 5.51 Å². The predicted molar refractivity (Wildman–Crippen MR) is 65.0 cm³/mol. The largest absolute Gasteiger partial charge is 0.325 e. The highest BCUT2D eigenvalue weighted by Crippen LogP contribution is 2.34. The van der Waals surface area contributed by atoms with Crippen molar-refractivity contribution in [3.8, 4) is 0 Å². The molecule has 0 spiro atoms. The molecule has 2 N–H and O–H groups in total. The Balaban J connectivity index is 1.92. The van der Waals surface area contributed by atoms with Gasteiger partial charge in [-0.3, -0.25) is 0 Å². The number of hydrogen-bond acceptors (Lipinski definition) is 3. The summed E-state index contributed by atoms with van der Waals surface area (Å²) in [5, 5.41) is 2.13. The lowest BCUT2D eigenvalue weighted by Gasteiger charge is -2.36. The quantitative estimate of drug-likeness (QED) is 0.857. The zero-order chi connectivity index (χ0) is 10.7. The zero-order valence-electron chi connectivity index (χ0n) is 9.41. The lowest BCUT2D eigenvalue weighted by Crippen LogP contribution is -2.45. The van der Waals surface area contributed by atoms with E-state index in [-0.39, 0.29) is 5.54 Å². The van der Waals surface area contributed by atoms with Gasteiger partial charge >= 0.3 is 0 Å². The minimum atomic E-state index is 0.0275. The van der Waals surface area contributed by atoms with Crippen LogP contribution in [0.5, 0.6) is 0 Å². The van der Waals surface area contributed by atoms with Gasteiger partial charge in [0, 0.05) is 17.3 Å². The van der Waals surface area contributed by atoms with Gasteiger partial charge in [0.25, 0.3) is 0 Å². The van der Waals surface area contributed by atoms with Crippen LogP contribution in [0.1, 0.15) is 44.7 Å². The molecule has 0 atom stereocenters.